The summed E-state index contributed by atoms with van der Waals surface area (Å²) in [6.07, 6.45) is 7.14. The zero-order chi connectivity index (χ0) is 19.3. The Balaban J connectivity index is 1.31. The van der Waals surface area contributed by atoms with Gasteiger partial charge in [-0.1, -0.05) is 35.9 Å². The van der Waals surface area contributed by atoms with E-state index in [0.29, 0.717) is 5.92 Å². The van der Waals surface area contributed by atoms with Crippen molar-refractivity contribution in [3.63, 3.8) is 0 Å². The largest absolute Gasteiger partial charge is 0.303 e. The van der Waals surface area contributed by atoms with Gasteiger partial charge < -0.3 is 4.90 Å². The molecule has 0 bridgehead atoms. The zero-order valence-corrected chi connectivity index (χ0v) is 16.6. The SMILES string of the molecule is Fc1ccc(-c2cncc(CCN3CCC(c4ccc(Cl)cc4)CC3)c2)cc1. The molecule has 0 saturated carbocycles. The third-order valence-corrected chi connectivity index (χ3v) is 5.87. The van der Waals surface area contributed by atoms with E-state index in [1.807, 2.05) is 24.5 Å². The fourth-order valence-electron chi connectivity index (χ4n) is 3.94. The fourth-order valence-corrected chi connectivity index (χ4v) is 4.06. The van der Waals surface area contributed by atoms with Crippen molar-refractivity contribution in [3.05, 3.63) is 89.0 Å². The fraction of sp³-hybridized carbons (Fsp3) is 0.292. The predicted octanol–water partition coefficient (Wildman–Crippen LogP) is 5.96. The van der Waals surface area contributed by atoms with E-state index >= 15 is 0 Å². The Morgan fingerprint density at radius 3 is 2.36 bits per heavy atom. The van der Waals surface area contributed by atoms with Crippen molar-refractivity contribution in [1.29, 1.82) is 0 Å². The van der Waals surface area contributed by atoms with Crippen molar-refractivity contribution in [2.75, 3.05) is 19.6 Å². The summed E-state index contributed by atoms with van der Waals surface area (Å²) < 4.78 is 13.1. The topological polar surface area (TPSA) is 16.1 Å². The number of rotatable bonds is 5. The number of nitrogens with zero attached hydrogens (tertiary/aromatic N) is 2. The number of benzene rings is 2. The van der Waals surface area contributed by atoms with E-state index in [9.17, 15) is 4.39 Å². The molecule has 1 aliphatic heterocycles. The van der Waals surface area contributed by atoms with Crippen LogP contribution in [0.15, 0.2) is 67.0 Å². The van der Waals surface area contributed by atoms with Gasteiger partial charge in [-0.3, -0.25) is 4.98 Å². The average Bonchev–Trinajstić information content (AvgIpc) is 2.74. The van der Waals surface area contributed by atoms with E-state index in [0.717, 1.165) is 42.2 Å². The lowest BCUT2D eigenvalue weighted by Crippen LogP contribution is -2.34. The Morgan fingerprint density at radius 1 is 0.929 bits per heavy atom. The van der Waals surface area contributed by atoms with Gasteiger partial charge in [-0.2, -0.15) is 0 Å². The molecule has 0 spiro atoms. The normalized spacial score (nSPS) is 15.6. The smallest absolute Gasteiger partial charge is 0.123 e. The molecule has 4 heteroatoms. The minimum Gasteiger partial charge on any atom is -0.303 e. The van der Waals surface area contributed by atoms with Crippen LogP contribution in [0.1, 0.15) is 29.9 Å². The Labute approximate surface area is 171 Å². The second-order valence-electron chi connectivity index (χ2n) is 7.51. The van der Waals surface area contributed by atoms with Crippen LogP contribution in [0.5, 0.6) is 0 Å². The van der Waals surface area contributed by atoms with Crippen LogP contribution in [0.25, 0.3) is 11.1 Å². The summed E-state index contributed by atoms with van der Waals surface area (Å²) in [6.45, 7) is 3.29. The summed E-state index contributed by atoms with van der Waals surface area (Å²) in [5.41, 5.74) is 4.67. The highest BCUT2D eigenvalue weighted by Gasteiger charge is 2.20. The monoisotopic (exact) mass is 394 g/mol. The number of hydrogen-bond donors (Lipinski definition) is 0. The number of pyridine rings is 1. The first kappa shape index (κ1) is 19.1. The van der Waals surface area contributed by atoms with Crippen LogP contribution in [0, 0.1) is 5.82 Å². The van der Waals surface area contributed by atoms with Gasteiger partial charge in [0.25, 0.3) is 0 Å². The Bertz CT molecular complexity index is 901. The first-order valence-electron chi connectivity index (χ1n) is 9.85. The highest BCUT2D eigenvalue weighted by molar-refractivity contribution is 6.30. The van der Waals surface area contributed by atoms with Crippen LogP contribution in [0.2, 0.25) is 5.02 Å². The molecular formula is C24H24ClFN2. The Morgan fingerprint density at radius 2 is 1.64 bits per heavy atom. The zero-order valence-electron chi connectivity index (χ0n) is 15.8. The minimum atomic E-state index is -0.213. The van der Waals surface area contributed by atoms with E-state index < -0.39 is 0 Å². The van der Waals surface area contributed by atoms with Crippen LogP contribution in [-0.4, -0.2) is 29.5 Å². The molecule has 3 aromatic rings. The molecule has 0 amide bonds. The van der Waals surface area contributed by atoms with Gasteiger partial charge in [-0.25, -0.2) is 4.39 Å². The second-order valence-corrected chi connectivity index (χ2v) is 7.94. The third kappa shape index (κ3) is 4.78. The quantitative estimate of drug-likeness (QED) is 0.530. The van der Waals surface area contributed by atoms with Gasteiger partial charge in [0.15, 0.2) is 0 Å². The van der Waals surface area contributed by atoms with E-state index in [2.05, 4.69) is 28.1 Å². The molecular weight excluding hydrogens is 371 g/mol. The molecule has 4 rings (SSSR count). The molecule has 2 heterocycles. The number of hydrogen-bond acceptors (Lipinski definition) is 2. The van der Waals surface area contributed by atoms with Crippen LogP contribution < -0.4 is 0 Å². The van der Waals surface area contributed by atoms with Crippen molar-refractivity contribution in [2.45, 2.75) is 25.2 Å². The lowest BCUT2D eigenvalue weighted by molar-refractivity contribution is 0.214. The minimum absolute atomic E-state index is 0.213. The maximum absolute atomic E-state index is 13.1. The maximum Gasteiger partial charge on any atom is 0.123 e. The summed E-state index contributed by atoms with van der Waals surface area (Å²) in [6, 6.07) is 17.1. The molecule has 144 valence electrons. The van der Waals surface area contributed by atoms with Gasteiger partial charge in [-0.05, 0) is 85.3 Å². The van der Waals surface area contributed by atoms with Gasteiger partial charge in [0, 0.05) is 29.5 Å². The molecule has 28 heavy (non-hydrogen) atoms. The molecule has 1 saturated heterocycles. The van der Waals surface area contributed by atoms with Gasteiger partial charge >= 0.3 is 0 Å². The number of halogens is 2. The number of likely N-dealkylation sites (tertiary alicyclic amines) is 1. The van der Waals surface area contributed by atoms with E-state index in [-0.39, 0.29) is 5.82 Å². The molecule has 1 aliphatic rings. The Hall–Kier alpha value is -2.23. The maximum atomic E-state index is 13.1. The average molecular weight is 395 g/mol. The first-order valence-corrected chi connectivity index (χ1v) is 10.2. The van der Waals surface area contributed by atoms with Gasteiger partial charge in [0.2, 0.25) is 0 Å². The van der Waals surface area contributed by atoms with Crippen molar-refractivity contribution in [2.24, 2.45) is 0 Å². The lowest BCUT2D eigenvalue weighted by Gasteiger charge is -2.32. The van der Waals surface area contributed by atoms with E-state index in [4.69, 9.17) is 11.6 Å². The van der Waals surface area contributed by atoms with Crippen molar-refractivity contribution in [3.8, 4) is 11.1 Å². The summed E-state index contributed by atoms with van der Waals surface area (Å²) in [7, 11) is 0. The molecule has 2 aromatic carbocycles. The van der Waals surface area contributed by atoms with Gasteiger partial charge in [0.1, 0.15) is 5.82 Å². The Kier molecular flexibility index (Phi) is 6.04. The van der Waals surface area contributed by atoms with E-state index in [1.165, 1.54) is 36.1 Å². The van der Waals surface area contributed by atoms with Gasteiger partial charge in [-0.15, -0.1) is 0 Å². The van der Waals surface area contributed by atoms with Crippen molar-refractivity contribution < 1.29 is 4.39 Å². The van der Waals surface area contributed by atoms with Gasteiger partial charge in [0.05, 0.1) is 0 Å². The summed E-state index contributed by atoms with van der Waals surface area (Å²) in [5.74, 6) is 0.423. The molecule has 1 aromatic heterocycles. The summed E-state index contributed by atoms with van der Waals surface area (Å²) >= 11 is 6.00. The number of aromatic nitrogens is 1. The van der Waals surface area contributed by atoms with Crippen LogP contribution in [-0.2, 0) is 6.42 Å². The standard InChI is InChI=1S/C24H24ClFN2/c25-23-5-1-19(2-6-23)21-10-13-28(14-11-21)12-9-18-15-22(17-27-16-18)20-3-7-24(26)8-4-20/h1-8,15-17,21H,9-14H2. The summed E-state index contributed by atoms with van der Waals surface area (Å²) in [5, 5.41) is 0.803. The lowest BCUT2D eigenvalue weighted by atomic mass is 9.89. The van der Waals surface area contributed by atoms with Crippen LogP contribution >= 0.6 is 11.6 Å². The van der Waals surface area contributed by atoms with Crippen LogP contribution in [0.4, 0.5) is 4.39 Å². The molecule has 0 N–H and O–H groups in total. The molecule has 0 unspecified atom stereocenters. The van der Waals surface area contributed by atoms with Crippen molar-refractivity contribution >= 4 is 11.6 Å². The predicted molar refractivity (Wildman–Crippen MR) is 113 cm³/mol. The molecule has 0 atom stereocenters. The van der Waals surface area contributed by atoms with Crippen molar-refractivity contribution in [1.82, 2.24) is 9.88 Å². The second kappa shape index (κ2) is 8.85. The van der Waals surface area contributed by atoms with Crippen LogP contribution in [0.3, 0.4) is 0 Å². The first-order chi connectivity index (χ1) is 13.7. The third-order valence-electron chi connectivity index (χ3n) is 5.62. The molecule has 0 radical (unpaired) electrons. The van der Waals surface area contributed by atoms with E-state index in [1.54, 1.807) is 12.1 Å². The highest BCUT2D eigenvalue weighted by Crippen LogP contribution is 2.29. The summed E-state index contributed by atoms with van der Waals surface area (Å²) in [4.78, 5) is 6.92. The molecule has 1 fully saturated rings. The highest BCUT2D eigenvalue weighted by atomic mass is 35.5. The number of piperidine rings is 1. The molecule has 0 aliphatic carbocycles. The molecule has 2 nitrogen and oxygen atoms in total.